The molecule has 1 aliphatic rings. The number of rotatable bonds is 4. The number of nitrogens with one attached hydrogen (secondary N) is 1. The van der Waals surface area contributed by atoms with Gasteiger partial charge in [-0.05, 0) is 42.8 Å². The maximum absolute atomic E-state index is 12.6. The highest BCUT2D eigenvalue weighted by Gasteiger charge is 2.22. The van der Waals surface area contributed by atoms with Crippen LogP contribution in [0.1, 0.15) is 17.0 Å². The van der Waals surface area contributed by atoms with E-state index in [-0.39, 0.29) is 5.56 Å². The number of fused-ring (bicyclic) bond motifs is 1. The Labute approximate surface area is 178 Å². The van der Waals surface area contributed by atoms with Gasteiger partial charge in [0.2, 0.25) is 0 Å². The summed E-state index contributed by atoms with van der Waals surface area (Å²) in [6.07, 6.45) is 4.40. The van der Waals surface area contributed by atoms with Crippen molar-refractivity contribution < 1.29 is 0 Å². The van der Waals surface area contributed by atoms with Crippen molar-refractivity contribution >= 4 is 11.6 Å². The summed E-state index contributed by atoms with van der Waals surface area (Å²) >= 11 is 6.40. The highest BCUT2D eigenvalue weighted by Crippen LogP contribution is 2.24. The van der Waals surface area contributed by atoms with Crippen LogP contribution in [0.15, 0.2) is 71.8 Å². The van der Waals surface area contributed by atoms with Gasteiger partial charge in [-0.1, -0.05) is 29.8 Å². The summed E-state index contributed by atoms with van der Waals surface area (Å²) in [5.74, 6) is 0.514. The molecule has 30 heavy (non-hydrogen) atoms. The maximum atomic E-state index is 12.6. The second-order valence-electron chi connectivity index (χ2n) is 7.34. The monoisotopic (exact) mass is 417 g/mol. The molecule has 0 atom stereocenters. The second-order valence-corrected chi connectivity index (χ2v) is 7.74. The number of benzene rings is 1. The van der Waals surface area contributed by atoms with Crippen molar-refractivity contribution in [2.24, 2.45) is 0 Å². The third-order valence-electron chi connectivity index (χ3n) is 5.39. The van der Waals surface area contributed by atoms with Gasteiger partial charge in [0.15, 0.2) is 5.82 Å². The molecule has 0 saturated heterocycles. The Morgan fingerprint density at radius 3 is 2.77 bits per heavy atom. The fraction of sp³-hybridized carbons (Fsp3) is 0.174. The quantitative estimate of drug-likeness (QED) is 0.548. The van der Waals surface area contributed by atoms with Crippen molar-refractivity contribution in [3.63, 3.8) is 0 Å². The molecule has 0 spiro atoms. The van der Waals surface area contributed by atoms with Gasteiger partial charge in [-0.3, -0.25) is 14.7 Å². The molecular formula is C23H20ClN5O. The molecule has 150 valence electrons. The number of nitrogens with zero attached hydrogens (tertiary/aromatic N) is 4. The predicted octanol–water partition coefficient (Wildman–Crippen LogP) is 3.83. The van der Waals surface area contributed by atoms with Crippen LogP contribution in [0.3, 0.4) is 0 Å². The Hall–Kier alpha value is -3.22. The topological polar surface area (TPSA) is 66.8 Å². The van der Waals surface area contributed by atoms with E-state index in [2.05, 4.69) is 25.5 Å². The first-order chi connectivity index (χ1) is 14.7. The summed E-state index contributed by atoms with van der Waals surface area (Å²) in [5, 5.41) is 0.715. The summed E-state index contributed by atoms with van der Waals surface area (Å²) in [6.45, 7) is 2.16. The Balaban J connectivity index is 1.42. The van der Waals surface area contributed by atoms with Crippen LogP contribution in [-0.2, 0) is 19.5 Å². The third kappa shape index (κ3) is 3.56. The van der Waals surface area contributed by atoms with Crippen LogP contribution in [-0.4, -0.2) is 31.0 Å². The molecule has 0 amide bonds. The highest BCUT2D eigenvalue weighted by molar-refractivity contribution is 6.32. The van der Waals surface area contributed by atoms with Gasteiger partial charge in [0.1, 0.15) is 5.69 Å². The Kier molecular flexibility index (Phi) is 4.94. The van der Waals surface area contributed by atoms with E-state index >= 15 is 0 Å². The van der Waals surface area contributed by atoms with Gasteiger partial charge >= 0.3 is 0 Å². The van der Waals surface area contributed by atoms with Crippen LogP contribution in [0.2, 0.25) is 5.02 Å². The lowest BCUT2D eigenvalue weighted by Gasteiger charge is -2.28. The molecule has 3 aromatic heterocycles. The van der Waals surface area contributed by atoms with Gasteiger partial charge in [0, 0.05) is 43.3 Å². The van der Waals surface area contributed by atoms with Crippen LogP contribution >= 0.6 is 11.6 Å². The van der Waals surface area contributed by atoms with E-state index in [1.54, 1.807) is 6.20 Å². The summed E-state index contributed by atoms with van der Waals surface area (Å²) in [4.78, 5) is 26.8. The van der Waals surface area contributed by atoms with Gasteiger partial charge in [-0.15, -0.1) is 0 Å². The Morgan fingerprint density at radius 1 is 1.07 bits per heavy atom. The minimum atomic E-state index is -0.0697. The Bertz CT molecular complexity index is 1250. The molecule has 6 nitrogen and oxygen atoms in total. The average molecular weight is 418 g/mol. The largest absolute Gasteiger partial charge is 0.318 e. The second kappa shape index (κ2) is 7.89. The van der Waals surface area contributed by atoms with Gasteiger partial charge < -0.3 is 9.55 Å². The van der Waals surface area contributed by atoms with E-state index in [0.29, 0.717) is 29.5 Å². The number of hydrogen-bond acceptors (Lipinski definition) is 4. The number of aromatic nitrogens is 4. The lowest BCUT2D eigenvalue weighted by molar-refractivity contribution is 0.236. The molecule has 1 aliphatic heterocycles. The first-order valence-electron chi connectivity index (χ1n) is 9.86. The Morgan fingerprint density at radius 2 is 1.93 bits per heavy atom. The van der Waals surface area contributed by atoms with Crippen molar-refractivity contribution in [2.45, 2.75) is 19.5 Å². The molecule has 0 bridgehead atoms. The molecular weight excluding hydrogens is 398 g/mol. The van der Waals surface area contributed by atoms with Gasteiger partial charge in [0.05, 0.1) is 16.4 Å². The van der Waals surface area contributed by atoms with Crippen molar-refractivity contribution in [2.75, 3.05) is 6.54 Å². The lowest BCUT2D eigenvalue weighted by atomic mass is 10.1. The molecule has 5 rings (SSSR count). The normalized spacial score (nSPS) is 13.9. The minimum Gasteiger partial charge on any atom is -0.318 e. The number of aromatic amines is 1. The number of para-hydroxylation sites is 1. The molecule has 1 aromatic carbocycles. The summed E-state index contributed by atoms with van der Waals surface area (Å²) in [7, 11) is 0. The zero-order valence-electron chi connectivity index (χ0n) is 16.3. The summed E-state index contributed by atoms with van der Waals surface area (Å²) in [6, 6.07) is 17.5. The molecule has 0 aliphatic carbocycles. The molecule has 1 N–H and O–H groups in total. The minimum absolute atomic E-state index is 0.0697. The molecule has 0 saturated carbocycles. The van der Waals surface area contributed by atoms with Gasteiger partial charge in [-0.25, -0.2) is 4.98 Å². The van der Waals surface area contributed by atoms with Crippen LogP contribution in [0, 0.1) is 0 Å². The van der Waals surface area contributed by atoms with E-state index in [1.165, 1.54) is 0 Å². The smallest absolute Gasteiger partial charge is 0.254 e. The van der Waals surface area contributed by atoms with E-state index < -0.39 is 0 Å². The third-order valence-corrected chi connectivity index (χ3v) is 5.71. The lowest BCUT2D eigenvalue weighted by Crippen LogP contribution is -2.35. The van der Waals surface area contributed by atoms with Crippen molar-refractivity contribution in [3.8, 4) is 17.2 Å². The fourth-order valence-electron chi connectivity index (χ4n) is 3.91. The van der Waals surface area contributed by atoms with Gasteiger partial charge in [0.25, 0.3) is 5.56 Å². The average Bonchev–Trinajstić information content (AvgIpc) is 3.22. The molecule has 4 heterocycles. The van der Waals surface area contributed by atoms with E-state index in [0.717, 1.165) is 35.7 Å². The van der Waals surface area contributed by atoms with Gasteiger partial charge in [-0.2, -0.15) is 0 Å². The zero-order valence-corrected chi connectivity index (χ0v) is 17.0. The van der Waals surface area contributed by atoms with Crippen molar-refractivity contribution in [1.29, 1.82) is 0 Å². The molecule has 7 heteroatoms. The summed E-state index contributed by atoms with van der Waals surface area (Å²) in [5.41, 5.74) is 4.29. The SMILES string of the molecule is O=c1[nH]c(-c2ccccn2)nc2c1CCN(Cc1cccn1-c1ccccc1Cl)C2. The van der Waals surface area contributed by atoms with Crippen molar-refractivity contribution in [1.82, 2.24) is 24.4 Å². The molecule has 0 fully saturated rings. The molecule has 0 unspecified atom stereocenters. The van der Waals surface area contributed by atoms with E-state index in [1.807, 2.05) is 54.7 Å². The fourth-order valence-corrected chi connectivity index (χ4v) is 4.14. The highest BCUT2D eigenvalue weighted by atomic mass is 35.5. The molecule has 4 aromatic rings. The number of halogens is 1. The first kappa shape index (κ1) is 18.8. The van der Waals surface area contributed by atoms with Crippen LogP contribution in [0.25, 0.3) is 17.2 Å². The van der Waals surface area contributed by atoms with Crippen LogP contribution in [0.4, 0.5) is 0 Å². The van der Waals surface area contributed by atoms with Crippen LogP contribution < -0.4 is 5.56 Å². The zero-order chi connectivity index (χ0) is 20.5. The number of H-pyrrole nitrogens is 1. The van der Waals surface area contributed by atoms with E-state index in [4.69, 9.17) is 16.6 Å². The van der Waals surface area contributed by atoms with Crippen molar-refractivity contribution in [3.05, 3.63) is 99.3 Å². The molecule has 0 radical (unpaired) electrons. The van der Waals surface area contributed by atoms with E-state index in [9.17, 15) is 4.79 Å². The first-order valence-corrected chi connectivity index (χ1v) is 10.2. The maximum Gasteiger partial charge on any atom is 0.254 e. The predicted molar refractivity (Wildman–Crippen MR) is 117 cm³/mol. The number of pyridine rings is 1. The number of hydrogen-bond donors (Lipinski definition) is 1. The standard InChI is InChI=1S/C23H20ClN5O/c24-18-7-1-2-9-21(18)29-12-5-6-16(29)14-28-13-10-17-20(15-28)26-22(27-23(17)30)19-8-3-4-11-25-19/h1-9,11-12H,10,13-15H2,(H,26,27,30). The summed E-state index contributed by atoms with van der Waals surface area (Å²) < 4.78 is 2.11. The van der Waals surface area contributed by atoms with Crippen LogP contribution in [0.5, 0.6) is 0 Å².